The number of aromatic nitrogens is 1. The normalized spacial score (nSPS) is 10.7. The van der Waals surface area contributed by atoms with E-state index in [4.69, 9.17) is 17.3 Å². The van der Waals surface area contributed by atoms with Crippen LogP contribution in [0.4, 0.5) is 0 Å². The lowest BCUT2D eigenvalue weighted by Crippen LogP contribution is -2.30. The second-order valence-electron chi connectivity index (χ2n) is 3.26. The van der Waals surface area contributed by atoms with Crippen LogP contribution in [0.15, 0.2) is 4.99 Å². The van der Waals surface area contributed by atoms with E-state index in [1.807, 2.05) is 0 Å². The van der Waals surface area contributed by atoms with Gasteiger partial charge in [0.2, 0.25) is 11.8 Å². The first kappa shape index (κ1) is 14.3. The maximum atomic E-state index is 11.1. The van der Waals surface area contributed by atoms with Crippen molar-refractivity contribution in [1.29, 1.82) is 0 Å². The Morgan fingerprint density at radius 3 is 2.78 bits per heavy atom. The van der Waals surface area contributed by atoms with Crippen LogP contribution in [0.1, 0.15) is 4.88 Å². The maximum Gasteiger partial charge on any atom is 0.322 e. The predicted octanol–water partition coefficient (Wildman–Crippen LogP) is 0.141. The van der Waals surface area contributed by atoms with Crippen molar-refractivity contribution in [3.63, 3.8) is 0 Å². The summed E-state index contributed by atoms with van der Waals surface area (Å²) < 4.78 is 1.91. The number of aliphatic carboxylic acids is 1. The lowest BCUT2D eigenvalue weighted by Gasteiger charge is -1.97. The van der Waals surface area contributed by atoms with E-state index in [2.05, 4.69) is 10.3 Å². The Morgan fingerprint density at radius 2 is 2.28 bits per heavy atom. The molecule has 1 rings (SSSR count). The minimum atomic E-state index is -1.12. The summed E-state index contributed by atoms with van der Waals surface area (Å²) in [4.78, 5) is 25.6. The zero-order valence-corrected chi connectivity index (χ0v) is 11.0. The van der Waals surface area contributed by atoms with Crippen molar-refractivity contribution in [1.82, 2.24) is 9.88 Å². The number of thiazole rings is 1. The number of amides is 1. The number of rotatable bonds is 5. The summed E-state index contributed by atoms with van der Waals surface area (Å²) in [7, 11) is 1.62. The molecular formula is C9H11N3O4S2. The SMILES string of the molecule is Cn1c(O)c(C=NCC(=O)NCC(=O)O)sc1=S. The summed E-state index contributed by atoms with van der Waals surface area (Å²) in [5.41, 5.74) is 0. The van der Waals surface area contributed by atoms with E-state index >= 15 is 0 Å². The molecule has 18 heavy (non-hydrogen) atoms. The molecule has 0 aliphatic carbocycles. The van der Waals surface area contributed by atoms with Gasteiger partial charge in [0.25, 0.3) is 0 Å². The average molecular weight is 289 g/mol. The van der Waals surface area contributed by atoms with Gasteiger partial charge in [0.15, 0.2) is 3.95 Å². The number of nitrogens with one attached hydrogen (secondary N) is 1. The van der Waals surface area contributed by atoms with Gasteiger partial charge in [0.05, 0.1) is 0 Å². The van der Waals surface area contributed by atoms with Crippen molar-refractivity contribution in [2.24, 2.45) is 12.0 Å². The maximum absolute atomic E-state index is 11.1. The summed E-state index contributed by atoms with van der Waals surface area (Å²) >= 11 is 6.11. The Bertz CT molecular complexity index is 546. The standard InChI is InChI=1S/C9H11N3O4S2/c1-12-8(16)5(18-9(12)17)2-10-3-6(13)11-4-7(14)15/h2,16H,3-4H2,1H3,(H,11,13)(H,14,15). The highest BCUT2D eigenvalue weighted by atomic mass is 32.1. The monoisotopic (exact) mass is 289 g/mol. The van der Waals surface area contributed by atoms with Crippen LogP contribution in [0.2, 0.25) is 0 Å². The Kier molecular flexibility index (Phi) is 4.98. The lowest BCUT2D eigenvalue weighted by atomic mass is 10.5. The summed E-state index contributed by atoms with van der Waals surface area (Å²) in [6, 6.07) is 0. The fraction of sp³-hybridized carbons (Fsp3) is 0.333. The minimum Gasteiger partial charge on any atom is -0.493 e. The van der Waals surface area contributed by atoms with Crippen molar-refractivity contribution in [3.05, 3.63) is 8.83 Å². The van der Waals surface area contributed by atoms with Gasteiger partial charge in [-0.1, -0.05) is 11.3 Å². The van der Waals surface area contributed by atoms with Gasteiger partial charge in [-0.3, -0.25) is 19.1 Å². The highest BCUT2D eigenvalue weighted by Gasteiger charge is 2.06. The number of aliphatic imine (C=N–C) groups is 1. The molecule has 0 saturated heterocycles. The van der Waals surface area contributed by atoms with Gasteiger partial charge in [-0.05, 0) is 12.2 Å². The number of carboxylic acid groups (broad SMARTS) is 1. The number of hydrogen-bond acceptors (Lipinski definition) is 6. The molecule has 7 nitrogen and oxygen atoms in total. The molecule has 0 fully saturated rings. The third kappa shape index (κ3) is 3.93. The van der Waals surface area contributed by atoms with E-state index < -0.39 is 18.4 Å². The Balaban J connectivity index is 2.55. The van der Waals surface area contributed by atoms with Gasteiger partial charge in [-0.15, -0.1) is 0 Å². The molecule has 0 aliphatic rings. The zero-order valence-electron chi connectivity index (χ0n) is 9.41. The van der Waals surface area contributed by atoms with Crippen LogP contribution in [-0.4, -0.2) is 46.0 Å². The largest absolute Gasteiger partial charge is 0.493 e. The minimum absolute atomic E-state index is 0.0142. The van der Waals surface area contributed by atoms with E-state index in [9.17, 15) is 14.7 Å². The molecule has 0 spiro atoms. The molecule has 1 amide bonds. The first-order valence-electron chi connectivity index (χ1n) is 4.79. The van der Waals surface area contributed by atoms with E-state index in [0.717, 1.165) is 11.3 Å². The molecule has 1 heterocycles. The Hall–Kier alpha value is -1.74. The molecule has 1 aromatic heterocycles. The quantitative estimate of drug-likeness (QED) is 0.528. The zero-order chi connectivity index (χ0) is 13.7. The Labute approximate surface area is 111 Å². The van der Waals surface area contributed by atoms with E-state index in [0.29, 0.717) is 8.83 Å². The molecule has 0 unspecified atom stereocenters. The van der Waals surface area contributed by atoms with Crippen LogP contribution in [0, 0.1) is 3.95 Å². The molecule has 0 atom stereocenters. The average Bonchev–Trinajstić information content (AvgIpc) is 2.54. The highest BCUT2D eigenvalue weighted by molar-refractivity contribution is 7.73. The molecule has 1 aromatic rings. The van der Waals surface area contributed by atoms with E-state index in [1.165, 1.54) is 10.8 Å². The third-order valence-electron chi connectivity index (χ3n) is 1.89. The highest BCUT2D eigenvalue weighted by Crippen LogP contribution is 2.22. The molecule has 98 valence electrons. The molecule has 0 bridgehead atoms. The molecule has 9 heteroatoms. The van der Waals surface area contributed by atoms with Gasteiger partial charge >= 0.3 is 5.97 Å². The number of carboxylic acids is 1. The third-order valence-corrected chi connectivity index (χ3v) is 3.37. The topological polar surface area (TPSA) is 104 Å². The second kappa shape index (κ2) is 6.26. The van der Waals surface area contributed by atoms with Crippen LogP contribution in [0.3, 0.4) is 0 Å². The predicted molar refractivity (Wildman–Crippen MR) is 68.9 cm³/mol. The molecule has 0 aliphatic heterocycles. The van der Waals surface area contributed by atoms with Crippen molar-refractivity contribution >= 4 is 41.6 Å². The summed E-state index contributed by atoms with van der Waals surface area (Å²) in [6.45, 7) is -0.648. The number of carbonyl (C=O) groups excluding carboxylic acids is 1. The van der Waals surface area contributed by atoms with E-state index in [-0.39, 0.29) is 12.4 Å². The summed E-state index contributed by atoms with van der Waals surface area (Å²) in [6.07, 6.45) is 1.33. The second-order valence-corrected chi connectivity index (χ2v) is 4.93. The van der Waals surface area contributed by atoms with Crippen molar-refractivity contribution in [3.8, 4) is 5.88 Å². The van der Waals surface area contributed by atoms with Crippen LogP contribution in [0.5, 0.6) is 5.88 Å². The van der Waals surface area contributed by atoms with Crippen LogP contribution < -0.4 is 5.32 Å². The first-order chi connectivity index (χ1) is 8.41. The van der Waals surface area contributed by atoms with Gasteiger partial charge in [0.1, 0.15) is 18.0 Å². The van der Waals surface area contributed by atoms with E-state index in [1.54, 1.807) is 7.05 Å². The molecule has 0 aromatic carbocycles. The number of nitrogens with zero attached hydrogens (tertiary/aromatic N) is 2. The van der Waals surface area contributed by atoms with Gasteiger partial charge in [0, 0.05) is 13.3 Å². The number of carbonyl (C=O) groups is 2. The van der Waals surface area contributed by atoms with Crippen LogP contribution in [0.25, 0.3) is 0 Å². The van der Waals surface area contributed by atoms with Crippen molar-refractivity contribution in [2.45, 2.75) is 0 Å². The van der Waals surface area contributed by atoms with Crippen LogP contribution >= 0.6 is 23.6 Å². The van der Waals surface area contributed by atoms with Gasteiger partial charge < -0.3 is 15.5 Å². The summed E-state index contributed by atoms with van der Waals surface area (Å²) in [5, 5.41) is 20.1. The van der Waals surface area contributed by atoms with Crippen LogP contribution in [-0.2, 0) is 16.6 Å². The molecule has 3 N–H and O–H groups in total. The van der Waals surface area contributed by atoms with Crippen molar-refractivity contribution in [2.75, 3.05) is 13.1 Å². The smallest absolute Gasteiger partial charge is 0.322 e. The van der Waals surface area contributed by atoms with Gasteiger partial charge in [-0.25, -0.2) is 0 Å². The number of aromatic hydroxyl groups is 1. The van der Waals surface area contributed by atoms with Crippen molar-refractivity contribution < 1.29 is 19.8 Å². The Morgan fingerprint density at radius 1 is 1.61 bits per heavy atom. The molecule has 0 radical (unpaired) electrons. The summed E-state index contributed by atoms with van der Waals surface area (Å²) in [5.74, 6) is -1.64. The fourth-order valence-electron chi connectivity index (χ4n) is 0.986. The number of hydrogen-bond donors (Lipinski definition) is 3. The molecule has 0 saturated carbocycles. The lowest BCUT2D eigenvalue weighted by molar-refractivity contribution is -0.137. The molecular weight excluding hydrogens is 278 g/mol. The van der Waals surface area contributed by atoms with Gasteiger partial charge in [-0.2, -0.15) is 0 Å². The first-order valence-corrected chi connectivity index (χ1v) is 6.01. The fourth-order valence-corrected chi connectivity index (χ4v) is 2.11.